The Bertz CT molecular complexity index is 818. The van der Waals surface area contributed by atoms with Gasteiger partial charge in [0, 0.05) is 38.4 Å². The molecule has 1 amide bonds. The molecule has 0 saturated carbocycles. The Morgan fingerprint density at radius 1 is 1.32 bits per heavy atom. The van der Waals surface area contributed by atoms with Crippen LogP contribution in [0.25, 0.3) is 10.9 Å². The van der Waals surface area contributed by atoms with E-state index < -0.39 is 4.92 Å². The van der Waals surface area contributed by atoms with E-state index >= 15 is 0 Å². The van der Waals surface area contributed by atoms with Crippen LogP contribution in [0.4, 0.5) is 16.2 Å². The van der Waals surface area contributed by atoms with E-state index in [2.05, 4.69) is 4.98 Å². The summed E-state index contributed by atoms with van der Waals surface area (Å²) in [7, 11) is 0. The van der Waals surface area contributed by atoms with Gasteiger partial charge in [-0.1, -0.05) is 0 Å². The van der Waals surface area contributed by atoms with Crippen molar-refractivity contribution in [3.63, 3.8) is 0 Å². The van der Waals surface area contributed by atoms with Gasteiger partial charge >= 0.3 is 6.09 Å². The minimum atomic E-state index is -0.484. The zero-order valence-corrected chi connectivity index (χ0v) is 13.7. The summed E-state index contributed by atoms with van der Waals surface area (Å²) < 4.78 is 4.99. The fraction of sp³-hybridized carbons (Fsp3) is 0.375. The van der Waals surface area contributed by atoms with Gasteiger partial charge < -0.3 is 19.6 Å². The average molecular weight is 346 g/mol. The molecule has 0 unspecified atom stereocenters. The molecule has 1 aliphatic heterocycles. The average Bonchev–Trinajstić information content (AvgIpc) is 2.62. The summed E-state index contributed by atoms with van der Waals surface area (Å²) in [5, 5.41) is 21.7. The van der Waals surface area contributed by atoms with E-state index in [0.29, 0.717) is 43.9 Å². The highest BCUT2D eigenvalue weighted by molar-refractivity contribution is 6.01. The van der Waals surface area contributed by atoms with Gasteiger partial charge in [-0.25, -0.2) is 4.79 Å². The number of nitrogens with zero attached hydrogens (tertiary/aromatic N) is 4. The number of phenols is 1. The minimum absolute atomic E-state index is 0.104. The fourth-order valence-electron chi connectivity index (χ4n) is 2.98. The number of amides is 1. The van der Waals surface area contributed by atoms with Crippen LogP contribution in [0, 0.1) is 10.1 Å². The molecule has 1 aromatic heterocycles. The highest BCUT2D eigenvalue weighted by Gasteiger charge is 2.26. The molecule has 1 aromatic carbocycles. The number of pyridine rings is 1. The van der Waals surface area contributed by atoms with Crippen molar-refractivity contribution in [1.82, 2.24) is 9.88 Å². The molecular formula is C16H18N4O5. The third kappa shape index (κ3) is 3.12. The molecule has 1 saturated heterocycles. The predicted molar refractivity (Wildman–Crippen MR) is 90.9 cm³/mol. The van der Waals surface area contributed by atoms with Crippen LogP contribution in [0.5, 0.6) is 5.75 Å². The number of anilines is 1. The molecule has 1 fully saturated rings. The number of carbonyl (C=O) groups is 1. The van der Waals surface area contributed by atoms with Crippen molar-refractivity contribution in [2.75, 3.05) is 37.7 Å². The number of hydrogen-bond donors (Lipinski definition) is 1. The molecule has 0 bridgehead atoms. The van der Waals surface area contributed by atoms with Gasteiger partial charge in [-0.05, 0) is 19.1 Å². The largest absolute Gasteiger partial charge is 0.506 e. The lowest BCUT2D eigenvalue weighted by Gasteiger charge is -2.35. The van der Waals surface area contributed by atoms with E-state index in [0.717, 1.165) is 0 Å². The number of non-ortho nitro benzene ring substituents is 1. The molecule has 9 nitrogen and oxygen atoms in total. The van der Waals surface area contributed by atoms with Gasteiger partial charge in [0.2, 0.25) is 0 Å². The van der Waals surface area contributed by atoms with E-state index in [4.69, 9.17) is 4.74 Å². The van der Waals surface area contributed by atoms with E-state index in [1.54, 1.807) is 17.9 Å². The van der Waals surface area contributed by atoms with E-state index in [9.17, 15) is 20.0 Å². The first-order valence-electron chi connectivity index (χ1n) is 7.94. The highest BCUT2D eigenvalue weighted by atomic mass is 16.6. The molecule has 2 heterocycles. The number of fused-ring (bicyclic) bond motifs is 1. The maximum absolute atomic E-state index is 11.8. The van der Waals surface area contributed by atoms with Crippen molar-refractivity contribution >= 4 is 28.4 Å². The Labute approximate surface area is 143 Å². The normalized spacial score (nSPS) is 14.6. The number of hydrogen-bond acceptors (Lipinski definition) is 7. The summed E-state index contributed by atoms with van der Waals surface area (Å²) in [6, 6.07) is 4.24. The van der Waals surface area contributed by atoms with Gasteiger partial charge in [0.1, 0.15) is 16.7 Å². The number of aromatic hydroxyl groups is 1. The van der Waals surface area contributed by atoms with Crippen LogP contribution in [-0.4, -0.2) is 58.8 Å². The van der Waals surface area contributed by atoms with Gasteiger partial charge in [-0.15, -0.1) is 0 Å². The molecule has 0 atom stereocenters. The van der Waals surface area contributed by atoms with Crippen molar-refractivity contribution in [1.29, 1.82) is 0 Å². The van der Waals surface area contributed by atoms with Crippen molar-refractivity contribution < 1.29 is 19.6 Å². The van der Waals surface area contributed by atoms with E-state index in [1.807, 2.05) is 4.90 Å². The third-order valence-corrected chi connectivity index (χ3v) is 4.17. The minimum Gasteiger partial charge on any atom is -0.506 e. The molecule has 9 heteroatoms. The molecule has 1 aliphatic rings. The number of phenolic OH excluding ortho intramolecular Hbond substituents is 1. The fourth-order valence-corrected chi connectivity index (χ4v) is 2.98. The molecule has 132 valence electrons. The second-order valence-electron chi connectivity index (χ2n) is 5.59. The Kier molecular flexibility index (Phi) is 4.55. The second-order valence-corrected chi connectivity index (χ2v) is 5.59. The lowest BCUT2D eigenvalue weighted by Crippen LogP contribution is -2.49. The van der Waals surface area contributed by atoms with Gasteiger partial charge in [-0.2, -0.15) is 0 Å². The number of nitro groups is 1. The first kappa shape index (κ1) is 16.7. The van der Waals surface area contributed by atoms with Crippen LogP contribution in [0.15, 0.2) is 24.4 Å². The molecule has 0 radical (unpaired) electrons. The number of rotatable bonds is 3. The first-order chi connectivity index (χ1) is 12.0. The van der Waals surface area contributed by atoms with Crippen molar-refractivity contribution in [3.05, 3.63) is 34.5 Å². The van der Waals surface area contributed by atoms with Gasteiger partial charge in [0.05, 0.1) is 17.2 Å². The summed E-state index contributed by atoms with van der Waals surface area (Å²) in [4.78, 5) is 30.3. The lowest BCUT2D eigenvalue weighted by atomic mass is 10.1. The zero-order valence-electron chi connectivity index (χ0n) is 13.7. The summed E-state index contributed by atoms with van der Waals surface area (Å²) in [5.41, 5.74) is 0.708. The molecule has 0 spiro atoms. The summed E-state index contributed by atoms with van der Waals surface area (Å²) in [6.45, 7) is 3.99. The van der Waals surface area contributed by atoms with E-state index in [-0.39, 0.29) is 23.0 Å². The molecule has 0 aliphatic carbocycles. The van der Waals surface area contributed by atoms with Crippen LogP contribution < -0.4 is 4.90 Å². The highest BCUT2D eigenvalue weighted by Crippen LogP contribution is 2.37. The molecule has 2 aromatic rings. The lowest BCUT2D eigenvalue weighted by molar-refractivity contribution is -0.383. The molecule has 3 rings (SSSR count). The second kappa shape index (κ2) is 6.80. The number of benzene rings is 1. The van der Waals surface area contributed by atoms with Crippen LogP contribution in [0.3, 0.4) is 0 Å². The standard InChI is InChI=1S/C16H18N4O5/c1-2-25-16(22)19-9-7-18(8-10-19)11-5-6-17-15-13(21)4-3-12(14(11)15)20(23)24/h3-6,21H,2,7-10H2,1H3. The molecular weight excluding hydrogens is 328 g/mol. The number of piperazine rings is 1. The zero-order chi connectivity index (χ0) is 18.0. The van der Waals surface area contributed by atoms with Crippen molar-refractivity contribution in [2.45, 2.75) is 6.92 Å². The topological polar surface area (TPSA) is 109 Å². The first-order valence-corrected chi connectivity index (χ1v) is 7.94. The number of aromatic nitrogens is 1. The van der Waals surface area contributed by atoms with Crippen LogP contribution >= 0.6 is 0 Å². The molecule has 25 heavy (non-hydrogen) atoms. The number of nitro benzene ring substituents is 1. The van der Waals surface area contributed by atoms with Gasteiger partial charge in [-0.3, -0.25) is 15.1 Å². The van der Waals surface area contributed by atoms with E-state index in [1.165, 1.54) is 18.3 Å². The number of carbonyl (C=O) groups excluding carboxylic acids is 1. The van der Waals surface area contributed by atoms with Crippen LogP contribution in [0.1, 0.15) is 6.92 Å². The Hall–Kier alpha value is -3.10. The van der Waals surface area contributed by atoms with Gasteiger partial charge in [0.15, 0.2) is 0 Å². The van der Waals surface area contributed by atoms with Crippen LogP contribution in [-0.2, 0) is 4.74 Å². The number of ether oxygens (including phenoxy) is 1. The Morgan fingerprint density at radius 3 is 2.68 bits per heavy atom. The Morgan fingerprint density at radius 2 is 2.04 bits per heavy atom. The van der Waals surface area contributed by atoms with Crippen LogP contribution in [0.2, 0.25) is 0 Å². The van der Waals surface area contributed by atoms with Crippen molar-refractivity contribution in [3.8, 4) is 5.75 Å². The van der Waals surface area contributed by atoms with Crippen molar-refractivity contribution in [2.24, 2.45) is 0 Å². The summed E-state index contributed by atoms with van der Waals surface area (Å²) in [6.07, 6.45) is 1.16. The summed E-state index contributed by atoms with van der Waals surface area (Å²) >= 11 is 0. The Balaban J connectivity index is 1.94. The van der Waals surface area contributed by atoms with Gasteiger partial charge in [0.25, 0.3) is 5.69 Å². The summed E-state index contributed by atoms with van der Waals surface area (Å²) in [5.74, 6) is -0.104. The monoisotopic (exact) mass is 346 g/mol. The SMILES string of the molecule is CCOC(=O)N1CCN(c2ccnc3c(O)ccc([N+](=O)[O-])c23)CC1. The predicted octanol–water partition coefficient (Wildman–Crippen LogP) is 2.13. The smallest absolute Gasteiger partial charge is 0.409 e. The quantitative estimate of drug-likeness (QED) is 0.669. The molecule has 1 N–H and O–H groups in total. The third-order valence-electron chi connectivity index (χ3n) is 4.17. The maximum atomic E-state index is 11.8. The maximum Gasteiger partial charge on any atom is 0.409 e.